The third kappa shape index (κ3) is 38.3. The summed E-state index contributed by atoms with van der Waals surface area (Å²) in [7, 11) is -4.73. The maximum absolute atomic E-state index is 12.6. The third-order valence-corrected chi connectivity index (χ3v) is 10.0. The van der Waals surface area contributed by atoms with E-state index in [1.807, 2.05) is 12.2 Å². The van der Waals surface area contributed by atoms with Crippen LogP contribution in [0.3, 0.4) is 0 Å². The molecular weight excluding hydrogens is 733 g/mol. The van der Waals surface area contributed by atoms with Crippen molar-refractivity contribution in [3.05, 3.63) is 48.6 Å². The van der Waals surface area contributed by atoms with Crippen LogP contribution in [0.1, 0.15) is 181 Å². The Morgan fingerprint density at radius 1 is 0.554 bits per heavy atom. The maximum atomic E-state index is 12.6. The van der Waals surface area contributed by atoms with Crippen LogP contribution in [-0.2, 0) is 37.5 Å². The molecule has 0 spiro atoms. The number of phosphoric acid groups is 1. The van der Waals surface area contributed by atoms with E-state index >= 15 is 0 Å². The molecule has 0 amide bonds. The summed E-state index contributed by atoms with van der Waals surface area (Å²) in [5.74, 6) is -2.45. The van der Waals surface area contributed by atoms with Crippen LogP contribution < -0.4 is 5.73 Å². The lowest BCUT2D eigenvalue weighted by Crippen LogP contribution is -2.34. The van der Waals surface area contributed by atoms with Crippen LogP contribution in [0.5, 0.6) is 0 Å². The second-order valence-corrected chi connectivity index (χ2v) is 15.9. The Labute approximate surface area is 339 Å². The van der Waals surface area contributed by atoms with Crippen LogP contribution in [0.25, 0.3) is 0 Å². The van der Waals surface area contributed by atoms with Gasteiger partial charge in [0.05, 0.1) is 13.2 Å². The molecule has 0 rings (SSSR count). The number of rotatable bonds is 40. The molecule has 56 heavy (non-hydrogen) atoms. The molecule has 324 valence electrons. The molecule has 3 atom stereocenters. The minimum Gasteiger partial charge on any atom is -0.480 e. The van der Waals surface area contributed by atoms with E-state index in [0.29, 0.717) is 19.3 Å². The first kappa shape index (κ1) is 53.4. The van der Waals surface area contributed by atoms with Gasteiger partial charge in [0.1, 0.15) is 12.6 Å². The number of phosphoric ester groups is 1. The number of aliphatic carboxylic acids is 1. The van der Waals surface area contributed by atoms with Crippen molar-refractivity contribution in [1.29, 1.82) is 0 Å². The van der Waals surface area contributed by atoms with Crippen LogP contribution in [0.15, 0.2) is 48.6 Å². The second-order valence-electron chi connectivity index (χ2n) is 14.5. The van der Waals surface area contributed by atoms with Gasteiger partial charge < -0.3 is 25.2 Å². The number of ether oxygens (including phenoxy) is 2. The molecule has 0 aliphatic carbocycles. The van der Waals surface area contributed by atoms with E-state index in [2.05, 4.69) is 54.8 Å². The largest absolute Gasteiger partial charge is 0.480 e. The smallest absolute Gasteiger partial charge is 0.472 e. The quantitative estimate of drug-likeness (QED) is 0.0233. The van der Waals surface area contributed by atoms with Crippen molar-refractivity contribution in [2.24, 2.45) is 5.73 Å². The Kier molecular flexibility index (Phi) is 37.5. The molecule has 1 unspecified atom stereocenters. The molecule has 4 N–H and O–H groups in total. The van der Waals surface area contributed by atoms with Gasteiger partial charge in [0.2, 0.25) is 0 Å². The van der Waals surface area contributed by atoms with E-state index in [4.69, 9.17) is 24.8 Å². The number of carbonyl (C=O) groups excluding carboxylic acids is 2. The van der Waals surface area contributed by atoms with E-state index < -0.39 is 51.1 Å². The lowest BCUT2D eigenvalue weighted by atomic mass is 10.0. The standard InChI is InChI=1S/C44H78NO10P/c1-3-5-7-9-11-13-15-17-19-20-22-24-26-28-30-32-34-36-43(47)55-40(38-53-56(50,51)54-39-41(45)44(48)49)37-52-42(46)35-33-31-29-27-25-23-21-18-16-14-12-10-8-6-4-2/h11,13,17,19,22,24,28,30,40-41H,3-10,12,14-16,18,20-21,23,25-27,29,31-39,45H2,1-2H3,(H,48,49)(H,50,51)/b13-11-,19-17-,24-22-,30-28-/t40-,41+/m1/s1. The summed E-state index contributed by atoms with van der Waals surface area (Å²) in [6, 6.07) is -1.53. The number of hydrogen-bond acceptors (Lipinski definition) is 9. The summed E-state index contributed by atoms with van der Waals surface area (Å²) in [6.45, 7) is 2.72. The fourth-order valence-electron chi connectivity index (χ4n) is 5.65. The fourth-order valence-corrected chi connectivity index (χ4v) is 6.42. The lowest BCUT2D eigenvalue weighted by molar-refractivity contribution is -0.161. The normalized spacial score (nSPS) is 14.2. The van der Waals surface area contributed by atoms with Crippen LogP contribution in [0.4, 0.5) is 0 Å². The highest BCUT2D eigenvalue weighted by atomic mass is 31.2. The van der Waals surface area contributed by atoms with Gasteiger partial charge in [0, 0.05) is 12.8 Å². The van der Waals surface area contributed by atoms with Gasteiger partial charge in [-0.3, -0.25) is 23.4 Å². The van der Waals surface area contributed by atoms with Gasteiger partial charge in [-0.15, -0.1) is 0 Å². The molecule has 0 aliphatic heterocycles. The minimum atomic E-state index is -4.73. The number of hydrogen-bond donors (Lipinski definition) is 3. The zero-order valence-corrected chi connectivity index (χ0v) is 35.9. The van der Waals surface area contributed by atoms with E-state index in [1.165, 1.54) is 89.9 Å². The number of carboxylic acids is 1. The van der Waals surface area contributed by atoms with Gasteiger partial charge in [-0.25, -0.2) is 4.57 Å². The van der Waals surface area contributed by atoms with E-state index in [-0.39, 0.29) is 19.4 Å². The monoisotopic (exact) mass is 812 g/mol. The first-order chi connectivity index (χ1) is 27.1. The Hall–Kier alpha value is -2.56. The van der Waals surface area contributed by atoms with Crippen molar-refractivity contribution in [1.82, 2.24) is 0 Å². The van der Waals surface area contributed by atoms with Crippen molar-refractivity contribution in [3.8, 4) is 0 Å². The number of allylic oxidation sites excluding steroid dienone is 8. The third-order valence-electron chi connectivity index (χ3n) is 9.08. The topological polar surface area (TPSA) is 172 Å². The van der Waals surface area contributed by atoms with Gasteiger partial charge in [0.25, 0.3) is 0 Å². The average Bonchev–Trinajstić information content (AvgIpc) is 3.17. The summed E-state index contributed by atoms with van der Waals surface area (Å²) < 4.78 is 32.6. The first-order valence-corrected chi connectivity index (χ1v) is 23.2. The Balaban J connectivity index is 4.46. The molecule has 0 bridgehead atoms. The molecule has 0 aromatic carbocycles. The van der Waals surface area contributed by atoms with E-state index in [9.17, 15) is 23.8 Å². The van der Waals surface area contributed by atoms with E-state index in [1.54, 1.807) is 0 Å². The van der Waals surface area contributed by atoms with Crippen LogP contribution >= 0.6 is 7.82 Å². The van der Waals surface area contributed by atoms with Gasteiger partial charge in [-0.2, -0.15) is 0 Å². The molecule has 0 radical (unpaired) electrons. The highest BCUT2D eigenvalue weighted by Gasteiger charge is 2.28. The second kappa shape index (κ2) is 39.3. The number of carboxylic acid groups (broad SMARTS) is 1. The zero-order chi connectivity index (χ0) is 41.4. The summed E-state index contributed by atoms with van der Waals surface area (Å²) in [5, 5.41) is 8.88. The van der Waals surface area contributed by atoms with Crippen molar-refractivity contribution < 1.29 is 47.5 Å². The maximum Gasteiger partial charge on any atom is 0.472 e. The van der Waals surface area contributed by atoms with E-state index in [0.717, 1.165) is 44.9 Å². The van der Waals surface area contributed by atoms with Crippen LogP contribution in [0, 0.1) is 0 Å². The molecule has 0 aromatic rings. The van der Waals surface area contributed by atoms with Crippen molar-refractivity contribution in [3.63, 3.8) is 0 Å². The molecule has 11 nitrogen and oxygen atoms in total. The Morgan fingerprint density at radius 3 is 1.46 bits per heavy atom. The molecule has 0 heterocycles. The minimum absolute atomic E-state index is 0.0857. The average molecular weight is 812 g/mol. The van der Waals surface area contributed by atoms with Gasteiger partial charge >= 0.3 is 25.7 Å². The SMILES string of the molecule is CCCCC/C=C\C/C=C\C/C=C\C/C=C\CCCC(=O)O[C@H](COC(=O)CCCCCCCCCCCCCCCCC)COP(=O)(O)OC[C@H](N)C(=O)O. The number of unbranched alkanes of at least 4 members (excludes halogenated alkanes) is 18. The Bertz CT molecular complexity index is 1140. The molecule has 0 saturated carbocycles. The zero-order valence-electron chi connectivity index (χ0n) is 35.0. The summed E-state index contributed by atoms with van der Waals surface area (Å²) in [6.07, 6.45) is 43.2. The van der Waals surface area contributed by atoms with Crippen LogP contribution in [-0.4, -0.2) is 59.9 Å². The number of esters is 2. The summed E-state index contributed by atoms with van der Waals surface area (Å²) >= 11 is 0. The Morgan fingerprint density at radius 2 is 0.964 bits per heavy atom. The summed E-state index contributed by atoms with van der Waals surface area (Å²) in [4.78, 5) is 45.9. The molecular formula is C44H78NO10P. The molecule has 0 fully saturated rings. The molecule has 0 aliphatic rings. The molecule has 12 heteroatoms. The number of carbonyl (C=O) groups is 3. The fraction of sp³-hybridized carbons (Fsp3) is 0.750. The molecule has 0 aromatic heterocycles. The van der Waals surface area contributed by atoms with Crippen molar-refractivity contribution in [2.75, 3.05) is 19.8 Å². The predicted molar refractivity (Wildman–Crippen MR) is 226 cm³/mol. The first-order valence-electron chi connectivity index (χ1n) is 21.7. The van der Waals surface area contributed by atoms with Gasteiger partial charge in [0.15, 0.2) is 6.10 Å². The van der Waals surface area contributed by atoms with Crippen molar-refractivity contribution >= 4 is 25.7 Å². The number of nitrogens with two attached hydrogens (primary N) is 1. The summed E-state index contributed by atoms with van der Waals surface area (Å²) in [5.41, 5.74) is 5.33. The lowest BCUT2D eigenvalue weighted by Gasteiger charge is -2.20. The van der Waals surface area contributed by atoms with Gasteiger partial charge in [-0.05, 0) is 51.4 Å². The van der Waals surface area contributed by atoms with Crippen LogP contribution in [0.2, 0.25) is 0 Å². The van der Waals surface area contributed by atoms with Crippen molar-refractivity contribution in [2.45, 2.75) is 193 Å². The van der Waals surface area contributed by atoms with Gasteiger partial charge in [-0.1, -0.05) is 165 Å². The highest BCUT2D eigenvalue weighted by Crippen LogP contribution is 2.43. The predicted octanol–water partition coefficient (Wildman–Crippen LogP) is 11.4. The highest BCUT2D eigenvalue weighted by molar-refractivity contribution is 7.47. The molecule has 0 saturated heterocycles.